The van der Waals surface area contributed by atoms with Gasteiger partial charge in [0.2, 0.25) is 5.91 Å². The lowest BCUT2D eigenvalue weighted by atomic mass is 9.93. The molecule has 2 rings (SSSR count). The van der Waals surface area contributed by atoms with Crippen LogP contribution in [0.2, 0.25) is 0 Å². The first kappa shape index (κ1) is 23.4. The second kappa shape index (κ2) is 12.0. The first-order valence-electron chi connectivity index (χ1n) is 9.49. The third kappa shape index (κ3) is 6.84. The van der Waals surface area contributed by atoms with Crippen molar-refractivity contribution in [1.29, 1.82) is 0 Å². The van der Waals surface area contributed by atoms with E-state index in [2.05, 4.69) is 22.5 Å². The summed E-state index contributed by atoms with van der Waals surface area (Å²) in [6.07, 6.45) is 4.47. The zero-order valence-corrected chi connectivity index (χ0v) is 18.7. The van der Waals surface area contributed by atoms with Crippen molar-refractivity contribution in [2.75, 3.05) is 53.6 Å². The molecular formula is C18H35IN4O3. The number of rotatable bonds is 6. The molecule has 2 N–H and O–H groups in total. The topological polar surface area (TPSA) is 75.2 Å². The van der Waals surface area contributed by atoms with Gasteiger partial charge in [0.1, 0.15) is 0 Å². The van der Waals surface area contributed by atoms with Crippen molar-refractivity contribution in [2.45, 2.75) is 44.6 Å². The van der Waals surface area contributed by atoms with Crippen LogP contribution in [-0.4, -0.2) is 75.9 Å². The van der Waals surface area contributed by atoms with Gasteiger partial charge in [0.15, 0.2) is 5.96 Å². The molecule has 8 heteroatoms. The summed E-state index contributed by atoms with van der Waals surface area (Å²) < 4.78 is 11.3. The summed E-state index contributed by atoms with van der Waals surface area (Å²) >= 11 is 0. The predicted octanol–water partition coefficient (Wildman–Crippen LogP) is 1.61. The number of likely N-dealkylation sites (tertiary alicyclic amines) is 1. The Balaban J connectivity index is 0.00000338. The number of ether oxygens (including phenoxy) is 2. The number of guanidine groups is 1. The van der Waals surface area contributed by atoms with Crippen LogP contribution >= 0.6 is 24.0 Å². The second-order valence-electron chi connectivity index (χ2n) is 6.98. The van der Waals surface area contributed by atoms with Gasteiger partial charge in [-0.15, -0.1) is 24.0 Å². The summed E-state index contributed by atoms with van der Waals surface area (Å²) in [4.78, 5) is 18.7. The molecule has 1 amide bonds. The van der Waals surface area contributed by atoms with Crippen LogP contribution in [0.15, 0.2) is 4.99 Å². The number of carbonyl (C=O) groups is 1. The molecule has 0 aromatic heterocycles. The molecule has 0 atom stereocenters. The highest BCUT2D eigenvalue weighted by atomic mass is 127. The quantitative estimate of drug-likeness (QED) is 0.342. The van der Waals surface area contributed by atoms with E-state index in [1.54, 1.807) is 14.2 Å². The fourth-order valence-electron chi connectivity index (χ4n) is 3.53. The van der Waals surface area contributed by atoms with Crippen LogP contribution in [0.25, 0.3) is 0 Å². The van der Waals surface area contributed by atoms with Crippen molar-refractivity contribution in [1.82, 2.24) is 15.5 Å². The number of hydrogen-bond acceptors (Lipinski definition) is 4. The Morgan fingerprint density at radius 3 is 2.50 bits per heavy atom. The van der Waals surface area contributed by atoms with Gasteiger partial charge in [-0.2, -0.15) is 0 Å². The lowest BCUT2D eigenvalue weighted by molar-refractivity contribution is -0.121. The summed E-state index contributed by atoms with van der Waals surface area (Å²) in [5.74, 6) is 1.57. The van der Waals surface area contributed by atoms with Crippen molar-refractivity contribution >= 4 is 35.8 Å². The summed E-state index contributed by atoms with van der Waals surface area (Å²) in [6, 6.07) is 0. The largest absolute Gasteiger partial charge is 0.381 e. The molecule has 2 fully saturated rings. The van der Waals surface area contributed by atoms with E-state index in [1.807, 2.05) is 0 Å². The monoisotopic (exact) mass is 482 g/mol. The zero-order chi connectivity index (χ0) is 18.1. The Kier molecular flexibility index (Phi) is 10.8. The molecule has 0 aromatic rings. The molecule has 7 nitrogen and oxygen atoms in total. The highest BCUT2D eigenvalue weighted by Gasteiger charge is 2.33. The SMILES string of the molecule is CCNC(=NCC1(OC)CCOCC1)N1CCC(CC(=O)NC)CC1.I. The average molecular weight is 482 g/mol. The molecule has 0 spiro atoms. The first-order chi connectivity index (χ1) is 12.1. The number of nitrogens with zero attached hydrogens (tertiary/aromatic N) is 2. The molecule has 0 aliphatic carbocycles. The maximum absolute atomic E-state index is 11.6. The van der Waals surface area contributed by atoms with E-state index in [1.165, 1.54) is 0 Å². The summed E-state index contributed by atoms with van der Waals surface area (Å²) in [6.45, 7) is 6.96. The lowest BCUT2D eigenvalue weighted by Crippen LogP contribution is -2.48. The van der Waals surface area contributed by atoms with Gasteiger partial charge in [0.05, 0.1) is 12.1 Å². The van der Waals surface area contributed by atoms with Gasteiger partial charge in [-0.3, -0.25) is 9.79 Å². The second-order valence-corrected chi connectivity index (χ2v) is 6.98. The third-order valence-electron chi connectivity index (χ3n) is 5.36. The van der Waals surface area contributed by atoms with Crippen LogP contribution in [0.1, 0.15) is 39.0 Å². The molecule has 0 radical (unpaired) electrons. The smallest absolute Gasteiger partial charge is 0.220 e. The number of hydrogen-bond donors (Lipinski definition) is 2. The summed E-state index contributed by atoms with van der Waals surface area (Å²) in [5.41, 5.74) is -0.198. The Morgan fingerprint density at radius 2 is 1.96 bits per heavy atom. The first-order valence-corrected chi connectivity index (χ1v) is 9.49. The van der Waals surface area contributed by atoms with Crippen molar-refractivity contribution in [3.8, 4) is 0 Å². The number of piperidine rings is 1. The number of nitrogens with one attached hydrogen (secondary N) is 2. The van der Waals surface area contributed by atoms with Gasteiger partial charge in [-0.05, 0) is 25.7 Å². The molecule has 152 valence electrons. The van der Waals surface area contributed by atoms with E-state index in [0.29, 0.717) is 18.9 Å². The number of carbonyl (C=O) groups excluding carboxylic acids is 1. The van der Waals surface area contributed by atoms with Crippen LogP contribution in [0.5, 0.6) is 0 Å². The Morgan fingerprint density at radius 1 is 1.31 bits per heavy atom. The molecule has 0 unspecified atom stereocenters. The molecule has 2 saturated heterocycles. The maximum atomic E-state index is 11.6. The van der Waals surface area contributed by atoms with Crippen molar-refractivity contribution in [3.63, 3.8) is 0 Å². The molecule has 2 aliphatic rings. The van der Waals surface area contributed by atoms with E-state index in [-0.39, 0.29) is 35.5 Å². The van der Waals surface area contributed by atoms with Gasteiger partial charge in [0.25, 0.3) is 0 Å². The fourth-order valence-corrected chi connectivity index (χ4v) is 3.53. The Labute approximate surface area is 174 Å². The molecule has 0 aromatic carbocycles. The molecule has 0 bridgehead atoms. The van der Waals surface area contributed by atoms with E-state index < -0.39 is 0 Å². The standard InChI is InChI=1S/C18H34N4O3.HI/c1-4-20-17(21-14-18(24-3)7-11-25-12-8-18)22-9-5-15(6-10-22)13-16(23)19-2;/h15H,4-14H2,1-3H3,(H,19,23)(H,20,21);1H. The van der Waals surface area contributed by atoms with Crippen molar-refractivity contribution in [2.24, 2.45) is 10.9 Å². The van der Waals surface area contributed by atoms with E-state index in [4.69, 9.17) is 14.5 Å². The number of aliphatic imine (C=N–C) groups is 1. The predicted molar refractivity (Wildman–Crippen MR) is 114 cm³/mol. The van der Waals surface area contributed by atoms with Gasteiger partial charge in [-0.1, -0.05) is 0 Å². The van der Waals surface area contributed by atoms with Crippen LogP contribution in [0.3, 0.4) is 0 Å². The van der Waals surface area contributed by atoms with Gasteiger partial charge < -0.3 is 25.0 Å². The maximum Gasteiger partial charge on any atom is 0.220 e. The summed E-state index contributed by atoms with van der Waals surface area (Å²) in [7, 11) is 3.48. The Hall–Kier alpha value is -0.610. The van der Waals surface area contributed by atoms with Crippen LogP contribution < -0.4 is 10.6 Å². The Bertz CT molecular complexity index is 448. The van der Waals surface area contributed by atoms with Gasteiger partial charge in [-0.25, -0.2) is 0 Å². The number of halogens is 1. The minimum absolute atomic E-state index is 0. The fraction of sp³-hybridized carbons (Fsp3) is 0.889. The molecule has 2 heterocycles. The van der Waals surface area contributed by atoms with Crippen LogP contribution in [0, 0.1) is 5.92 Å². The van der Waals surface area contributed by atoms with Gasteiger partial charge >= 0.3 is 0 Å². The zero-order valence-electron chi connectivity index (χ0n) is 16.4. The average Bonchev–Trinajstić information content (AvgIpc) is 2.66. The normalized spacial score (nSPS) is 21.0. The lowest BCUT2D eigenvalue weighted by Gasteiger charge is -2.37. The molecule has 2 aliphatic heterocycles. The molecular weight excluding hydrogens is 447 g/mol. The van der Waals surface area contributed by atoms with Crippen LogP contribution in [-0.2, 0) is 14.3 Å². The molecule has 26 heavy (non-hydrogen) atoms. The minimum atomic E-state index is -0.198. The number of amides is 1. The van der Waals surface area contributed by atoms with E-state index >= 15 is 0 Å². The van der Waals surface area contributed by atoms with Crippen molar-refractivity contribution < 1.29 is 14.3 Å². The highest BCUT2D eigenvalue weighted by Crippen LogP contribution is 2.25. The van der Waals surface area contributed by atoms with E-state index in [9.17, 15) is 4.79 Å². The summed E-state index contributed by atoms with van der Waals surface area (Å²) in [5, 5.41) is 6.13. The third-order valence-corrected chi connectivity index (χ3v) is 5.36. The van der Waals surface area contributed by atoms with Gasteiger partial charge in [0, 0.05) is 66.3 Å². The molecule has 0 saturated carbocycles. The highest BCUT2D eigenvalue weighted by molar-refractivity contribution is 14.0. The van der Waals surface area contributed by atoms with E-state index in [0.717, 1.165) is 64.5 Å². The van der Waals surface area contributed by atoms with Crippen molar-refractivity contribution in [3.05, 3.63) is 0 Å². The van der Waals surface area contributed by atoms with Crippen LogP contribution in [0.4, 0.5) is 0 Å². The number of methoxy groups -OCH3 is 1. The minimum Gasteiger partial charge on any atom is -0.381 e.